The first kappa shape index (κ1) is 11.0. The second kappa shape index (κ2) is 4.94. The Morgan fingerprint density at radius 1 is 1.62 bits per heavy atom. The molecule has 3 nitrogen and oxygen atoms in total. The van der Waals surface area contributed by atoms with Crippen LogP contribution in [0.5, 0.6) is 0 Å². The van der Waals surface area contributed by atoms with Crippen molar-refractivity contribution >= 4 is 0 Å². The predicted molar refractivity (Wildman–Crippen MR) is 52.6 cm³/mol. The normalized spacial score (nSPS) is 33.9. The van der Waals surface area contributed by atoms with Gasteiger partial charge in [-0.2, -0.15) is 0 Å². The fraction of sp³-hybridized carbons (Fsp3) is 1.00. The number of nitrogens with two attached hydrogens (primary N) is 1. The fourth-order valence-electron chi connectivity index (χ4n) is 1.94. The average Bonchev–Trinajstić information content (AvgIpc) is 2.49. The van der Waals surface area contributed by atoms with Gasteiger partial charge in [-0.15, -0.1) is 0 Å². The zero-order valence-corrected chi connectivity index (χ0v) is 8.71. The molecule has 0 aromatic heterocycles. The van der Waals surface area contributed by atoms with Crippen LogP contribution in [0.15, 0.2) is 0 Å². The zero-order chi connectivity index (χ0) is 9.73. The molecule has 1 fully saturated rings. The summed E-state index contributed by atoms with van der Waals surface area (Å²) < 4.78 is 10.9. The van der Waals surface area contributed by atoms with Crippen molar-refractivity contribution < 1.29 is 9.47 Å². The van der Waals surface area contributed by atoms with E-state index >= 15 is 0 Å². The smallest absolute Gasteiger partial charge is 0.0616 e. The van der Waals surface area contributed by atoms with Gasteiger partial charge in [-0.3, -0.25) is 0 Å². The maximum absolute atomic E-state index is 5.81. The van der Waals surface area contributed by atoms with Crippen molar-refractivity contribution in [3.05, 3.63) is 0 Å². The molecular weight excluding hydrogens is 166 g/mol. The summed E-state index contributed by atoms with van der Waals surface area (Å²) in [6.07, 6.45) is 2.40. The number of hydrogen-bond acceptors (Lipinski definition) is 3. The van der Waals surface area contributed by atoms with Crippen LogP contribution in [0.4, 0.5) is 0 Å². The van der Waals surface area contributed by atoms with E-state index < -0.39 is 0 Å². The summed E-state index contributed by atoms with van der Waals surface area (Å²) in [5, 5.41) is 0. The van der Waals surface area contributed by atoms with E-state index in [4.69, 9.17) is 15.2 Å². The van der Waals surface area contributed by atoms with Gasteiger partial charge in [-0.1, -0.05) is 0 Å². The lowest BCUT2D eigenvalue weighted by Gasteiger charge is -2.30. The predicted octanol–water partition coefficient (Wildman–Crippen LogP) is 1.17. The average molecular weight is 187 g/mol. The van der Waals surface area contributed by atoms with Crippen molar-refractivity contribution in [1.82, 2.24) is 0 Å². The maximum Gasteiger partial charge on any atom is 0.0616 e. The minimum Gasteiger partial charge on any atom is -0.382 e. The summed E-state index contributed by atoms with van der Waals surface area (Å²) in [5.41, 5.74) is 5.98. The third kappa shape index (κ3) is 2.42. The van der Waals surface area contributed by atoms with E-state index in [1.165, 1.54) is 0 Å². The first-order valence-corrected chi connectivity index (χ1v) is 5.14. The third-order valence-corrected chi connectivity index (χ3v) is 3.19. The zero-order valence-electron chi connectivity index (χ0n) is 8.71. The minimum absolute atomic E-state index is 0.176. The van der Waals surface area contributed by atoms with Crippen LogP contribution in [-0.2, 0) is 9.47 Å². The molecule has 1 saturated heterocycles. The monoisotopic (exact) mass is 187 g/mol. The van der Waals surface area contributed by atoms with Crippen molar-refractivity contribution in [3.8, 4) is 0 Å². The standard InChI is InChI=1S/C10H21NO2/c1-3-12-6-4-10(8-11)5-7-13-9(10)2/h9H,3-8,11H2,1-2H3. The number of rotatable bonds is 5. The highest BCUT2D eigenvalue weighted by atomic mass is 16.5. The molecule has 0 aromatic carbocycles. The van der Waals surface area contributed by atoms with Gasteiger partial charge >= 0.3 is 0 Å². The van der Waals surface area contributed by atoms with Crippen LogP contribution >= 0.6 is 0 Å². The van der Waals surface area contributed by atoms with Gasteiger partial charge in [0.1, 0.15) is 0 Å². The van der Waals surface area contributed by atoms with Crippen LogP contribution in [-0.4, -0.2) is 32.5 Å². The number of hydrogen-bond donors (Lipinski definition) is 1. The molecule has 1 rings (SSSR count). The van der Waals surface area contributed by atoms with E-state index in [0.29, 0.717) is 6.54 Å². The molecular formula is C10H21NO2. The lowest BCUT2D eigenvalue weighted by atomic mass is 9.79. The lowest BCUT2D eigenvalue weighted by molar-refractivity contribution is 0.0396. The van der Waals surface area contributed by atoms with Crippen LogP contribution in [0.1, 0.15) is 26.7 Å². The highest BCUT2D eigenvalue weighted by molar-refractivity contribution is 4.90. The summed E-state index contributed by atoms with van der Waals surface area (Å²) in [5.74, 6) is 0. The first-order valence-electron chi connectivity index (χ1n) is 5.14. The van der Waals surface area contributed by atoms with E-state index in [0.717, 1.165) is 32.7 Å². The molecule has 0 aliphatic carbocycles. The lowest BCUT2D eigenvalue weighted by Crippen LogP contribution is -2.37. The van der Waals surface area contributed by atoms with Crippen LogP contribution in [0, 0.1) is 5.41 Å². The minimum atomic E-state index is 0.176. The van der Waals surface area contributed by atoms with Gasteiger partial charge in [-0.05, 0) is 26.7 Å². The molecule has 3 heteroatoms. The number of ether oxygens (including phenoxy) is 2. The highest BCUT2D eigenvalue weighted by Crippen LogP contribution is 2.37. The second-order valence-corrected chi connectivity index (χ2v) is 3.78. The molecule has 2 N–H and O–H groups in total. The van der Waals surface area contributed by atoms with E-state index in [1.54, 1.807) is 0 Å². The SMILES string of the molecule is CCOCCC1(CN)CCOC1C. The fourth-order valence-corrected chi connectivity index (χ4v) is 1.94. The molecule has 0 radical (unpaired) electrons. The van der Waals surface area contributed by atoms with E-state index in [-0.39, 0.29) is 11.5 Å². The van der Waals surface area contributed by atoms with Crippen molar-refractivity contribution in [2.75, 3.05) is 26.4 Å². The Kier molecular flexibility index (Phi) is 4.16. The molecule has 2 atom stereocenters. The van der Waals surface area contributed by atoms with Gasteiger partial charge in [0.05, 0.1) is 6.10 Å². The van der Waals surface area contributed by atoms with Crippen LogP contribution in [0.2, 0.25) is 0 Å². The van der Waals surface area contributed by atoms with Crippen molar-refractivity contribution in [3.63, 3.8) is 0 Å². The summed E-state index contributed by atoms with van der Waals surface area (Å²) in [6, 6.07) is 0. The summed E-state index contributed by atoms with van der Waals surface area (Å²) in [6.45, 7) is 7.29. The second-order valence-electron chi connectivity index (χ2n) is 3.78. The van der Waals surface area contributed by atoms with Crippen LogP contribution in [0.25, 0.3) is 0 Å². The molecule has 13 heavy (non-hydrogen) atoms. The molecule has 2 unspecified atom stereocenters. The molecule has 1 aliphatic rings. The van der Waals surface area contributed by atoms with E-state index in [1.807, 2.05) is 6.92 Å². The largest absolute Gasteiger partial charge is 0.382 e. The van der Waals surface area contributed by atoms with Gasteiger partial charge in [0.2, 0.25) is 0 Å². The van der Waals surface area contributed by atoms with E-state index in [9.17, 15) is 0 Å². The molecule has 0 saturated carbocycles. The topological polar surface area (TPSA) is 44.5 Å². The summed E-state index contributed by atoms with van der Waals surface area (Å²) in [4.78, 5) is 0. The Hall–Kier alpha value is -0.120. The molecule has 0 amide bonds. The van der Waals surface area contributed by atoms with Crippen molar-refractivity contribution in [2.24, 2.45) is 11.1 Å². The maximum atomic E-state index is 5.81. The molecule has 0 spiro atoms. The molecule has 78 valence electrons. The highest BCUT2D eigenvalue weighted by Gasteiger charge is 2.39. The summed E-state index contributed by atoms with van der Waals surface area (Å²) in [7, 11) is 0. The molecule has 0 bridgehead atoms. The van der Waals surface area contributed by atoms with Crippen molar-refractivity contribution in [1.29, 1.82) is 0 Å². The molecule has 1 heterocycles. The van der Waals surface area contributed by atoms with E-state index in [2.05, 4.69) is 6.92 Å². The summed E-state index contributed by atoms with van der Waals surface area (Å²) >= 11 is 0. The van der Waals surface area contributed by atoms with Gasteiger partial charge in [0.15, 0.2) is 0 Å². The van der Waals surface area contributed by atoms with Crippen molar-refractivity contribution in [2.45, 2.75) is 32.8 Å². The van der Waals surface area contributed by atoms with Gasteiger partial charge in [-0.25, -0.2) is 0 Å². The molecule has 0 aromatic rings. The Morgan fingerprint density at radius 3 is 2.85 bits per heavy atom. The Bertz CT molecular complexity index is 152. The van der Waals surface area contributed by atoms with Gasteiger partial charge < -0.3 is 15.2 Å². The molecule has 1 aliphatic heterocycles. The Labute approximate surface area is 80.6 Å². The van der Waals surface area contributed by atoms with Crippen LogP contribution < -0.4 is 5.73 Å². The Balaban J connectivity index is 2.39. The Morgan fingerprint density at radius 2 is 2.38 bits per heavy atom. The quantitative estimate of drug-likeness (QED) is 0.657. The van der Waals surface area contributed by atoms with Crippen LogP contribution in [0.3, 0.4) is 0 Å². The van der Waals surface area contributed by atoms with Gasteiger partial charge in [0.25, 0.3) is 0 Å². The first-order chi connectivity index (χ1) is 6.25. The third-order valence-electron chi connectivity index (χ3n) is 3.19. The van der Waals surface area contributed by atoms with Gasteiger partial charge in [0, 0.05) is 31.8 Å².